The molecule has 0 fully saturated rings. The van der Waals surface area contributed by atoms with Gasteiger partial charge in [0.1, 0.15) is 5.60 Å². The van der Waals surface area contributed by atoms with Crippen LogP contribution >= 0.6 is 11.6 Å². The summed E-state index contributed by atoms with van der Waals surface area (Å²) >= 11 is 6.39. The normalized spacial score (nSPS) is 14.1. The Bertz CT molecular complexity index is 598. The monoisotopic (exact) mass is 308 g/mol. The molecule has 0 saturated heterocycles. The van der Waals surface area contributed by atoms with Gasteiger partial charge in [-0.2, -0.15) is 5.10 Å². The number of hydrogen-bond acceptors (Lipinski definition) is 3. The largest absolute Gasteiger partial charge is 0.382 e. The Labute approximate surface area is 130 Å². The lowest BCUT2D eigenvalue weighted by Crippen LogP contribution is -2.34. The highest BCUT2D eigenvalue weighted by Crippen LogP contribution is 2.30. The van der Waals surface area contributed by atoms with Crippen molar-refractivity contribution in [3.8, 4) is 0 Å². The Balaban J connectivity index is 2.39. The third-order valence-corrected chi connectivity index (χ3v) is 4.09. The van der Waals surface area contributed by atoms with Crippen molar-refractivity contribution in [2.75, 3.05) is 13.7 Å². The van der Waals surface area contributed by atoms with Gasteiger partial charge in [0.25, 0.3) is 0 Å². The number of aliphatic hydroxyl groups is 1. The average Bonchev–Trinajstić information content (AvgIpc) is 2.76. The van der Waals surface area contributed by atoms with E-state index in [9.17, 15) is 5.11 Å². The summed E-state index contributed by atoms with van der Waals surface area (Å²) in [5.74, 6) is 0. The summed E-state index contributed by atoms with van der Waals surface area (Å²) in [6, 6.07) is 9.51. The van der Waals surface area contributed by atoms with E-state index in [0.29, 0.717) is 11.4 Å². The van der Waals surface area contributed by atoms with Crippen LogP contribution in [0.5, 0.6) is 0 Å². The van der Waals surface area contributed by atoms with Crippen LogP contribution in [0.2, 0.25) is 5.02 Å². The van der Waals surface area contributed by atoms with Gasteiger partial charge in [0.05, 0.1) is 23.0 Å². The Kier molecular flexibility index (Phi) is 5.04. The molecule has 2 aromatic rings. The SMILES string of the molecule is CCc1nn(C)c(CC(O)(COC)c2ccccc2)c1Cl. The summed E-state index contributed by atoms with van der Waals surface area (Å²) in [6.07, 6.45) is 1.12. The Morgan fingerprint density at radius 3 is 2.52 bits per heavy atom. The lowest BCUT2D eigenvalue weighted by atomic mass is 9.89. The van der Waals surface area contributed by atoms with Gasteiger partial charge in [-0.25, -0.2) is 0 Å². The number of hydrogen-bond donors (Lipinski definition) is 1. The van der Waals surface area contributed by atoms with Gasteiger partial charge in [0.2, 0.25) is 0 Å². The number of nitrogens with zero attached hydrogens (tertiary/aromatic N) is 2. The van der Waals surface area contributed by atoms with Gasteiger partial charge in [0.15, 0.2) is 0 Å². The molecule has 0 aliphatic carbocycles. The minimum Gasteiger partial charge on any atom is -0.382 e. The maximum Gasteiger partial charge on any atom is 0.118 e. The molecule has 0 saturated carbocycles. The third kappa shape index (κ3) is 3.28. The molecule has 0 spiro atoms. The second-order valence-corrected chi connectivity index (χ2v) is 5.57. The fourth-order valence-electron chi connectivity index (χ4n) is 2.51. The van der Waals surface area contributed by atoms with Crippen molar-refractivity contribution in [2.24, 2.45) is 7.05 Å². The minimum atomic E-state index is -1.13. The van der Waals surface area contributed by atoms with E-state index in [2.05, 4.69) is 5.10 Å². The number of aryl methyl sites for hydroxylation is 2. The van der Waals surface area contributed by atoms with Crippen molar-refractivity contribution in [1.29, 1.82) is 0 Å². The van der Waals surface area contributed by atoms with Gasteiger partial charge in [0, 0.05) is 20.6 Å². The molecule has 0 bridgehead atoms. The lowest BCUT2D eigenvalue weighted by Gasteiger charge is -2.28. The molecule has 1 aromatic carbocycles. The highest BCUT2D eigenvalue weighted by atomic mass is 35.5. The highest BCUT2D eigenvalue weighted by Gasteiger charge is 2.32. The van der Waals surface area contributed by atoms with Crippen LogP contribution in [0.3, 0.4) is 0 Å². The smallest absolute Gasteiger partial charge is 0.118 e. The summed E-state index contributed by atoms with van der Waals surface area (Å²) in [5.41, 5.74) is 1.35. The predicted molar refractivity (Wildman–Crippen MR) is 83.5 cm³/mol. The fraction of sp³-hybridized carbons (Fsp3) is 0.438. The standard InChI is InChI=1S/C16H21ClN2O2/c1-4-13-15(17)14(19(2)18-13)10-16(20,11-21-3)12-8-6-5-7-9-12/h5-9,20H,4,10-11H2,1-3H3. The van der Waals surface area contributed by atoms with E-state index in [1.807, 2.05) is 44.3 Å². The Morgan fingerprint density at radius 2 is 2.00 bits per heavy atom. The molecule has 1 aromatic heterocycles. The molecule has 21 heavy (non-hydrogen) atoms. The van der Waals surface area contributed by atoms with E-state index >= 15 is 0 Å². The predicted octanol–water partition coefficient (Wildman–Crippen LogP) is 2.71. The zero-order valence-electron chi connectivity index (χ0n) is 12.6. The first kappa shape index (κ1) is 16.0. The van der Waals surface area contributed by atoms with Gasteiger partial charge < -0.3 is 9.84 Å². The van der Waals surface area contributed by atoms with Crippen molar-refractivity contribution in [3.05, 3.63) is 52.3 Å². The van der Waals surface area contributed by atoms with Gasteiger partial charge in [-0.15, -0.1) is 0 Å². The second-order valence-electron chi connectivity index (χ2n) is 5.19. The second kappa shape index (κ2) is 6.60. The highest BCUT2D eigenvalue weighted by molar-refractivity contribution is 6.31. The number of benzene rings is 1. The quantitative estimate of drug-likeness (QED) is 0.892. The van der Waals surface area contributed by atoms with Gasteiger partial charge in [-0.1, -0.05) is 48.9 Å². The molecule has 5 heteroatoms. The summed E-state index contributed by atoms with van der Waals surface area (Å²) < 4.78 is 6.96. The Hall–Kier alpha value is -1.36. The van der Waals surface area contributed by atoms with Gasteiger partial charge in [-0.3, -0.25) is 4.68 Å². The molecule has 0 amide bonds. The first-order valence-corrected chi connectivity index (χ1v) is 7.36. The fourth-order valence-corrected chi connectivity index (χ4v) is 2.87. The number of halogens is 1. The molecule has 0 radical (unpaired) electrons. The van der Waals surface area contributed by atoms with Crippen molar-refractivity contribution in [1.82, 2.24) is 9.78 Å². The molecule has 0 aliphatic heterocycles. The van der Waals surface area contributed by atoms with Crippen LogP contribution in [-0.4, -0.2) is 28.6 Å². The molecular formula is C16H21ClN2O2. The third-order valence-electron chi connectivity index (χ3n) is 3.66. The molecule has 0 aliphatic rings. The molecule has 1 N–H and O–H groups in total. The summed E-state index contributed by atoms with van der Waals surface area (Å²) in [6.45, 7) is 2.20. The van der Waals surface area contributed by atoms with E-state index < -0.39 is 5.60 Å². The minimum absolute atomic E-state index is 0.194. The van der Waals surface area contributed by atoms with Crippen LogP contribution in [0, 0.1) is 0 Å². The summed E-state index contributed by atoms with van der Waals surface area (Å²) in [7, 11) is 3.43. The van der Waals surface area contributed by atoms with E-state index in [0.717, 1.165) is 23.4 Å². The van der Waals surface area contributed by atoms with E-state index in [1.54, 1.807) is 11.8 Å². The summed E-state index contributed by atoms with van der Waals surface area (Å²) in [5, 5.41) is 16.1. The molecule has 1 atom stereocenters. The number of methoxy groups -OCH3 is 1. The zero-order chi connectivity index (χ0) is 15.5. The van der Waals surface area contributed by atoms with Crippen LogP contribution in [0.25, 0.3) is 0 Å². The van der Waals surface area contributed by atoms with Crippen molar-refractivity contribution in [2.45, 2.75) is 25.4 Å². The number of rotatable bonds is 6. The van der Waals surface area contributed by atoms with Crippen LogP contribution in [0.4, 0.5) is 0 Å². The molecule has 1 heterocycles. The maximum atomic E-state index is 11.0. The lowest BCUT2D eigenvalue weighted by molar-refractivity contribution is -0.0367. The number of aromatic nitrogens is 2. The van der Waals surface area contributed by atoms with Crippen LogP contribution in [0.1, 0.15) is 23.9 Å². The van der Waals surface area contributed by atoms with Gasteiger partial charge in [-0.05, 0) is 12.0 Å². The molecule has 1 unspecified atom stereocenters. The molecule has 114 valence electrons. The number of ether oxygens (including phenoxy) is 1. The Morgan fingerprint density at radius 1 is 1.33 bits per heavy atom. The van der Waals surface area contributed by atoms with Crippen molar-refractivity contribution < 1.29 is 9.84 Å². The maximum absolute atomic E-state index is 11.0. The van der Waals surface area contributed by atoms with E-state index in [-0.39, 0.29) is 6.61 Å². The van der Waals surface area contributed by atoms with E-state index in [1.165, 1.54) is 0 Å². The van der Waals surface area contributed by atoms with Crippen molar-refractivity contribution >= 4 is 11.6 Å². The first-order chi connectivity index (χ1) is 10.0. The summed E-state index contributed by atoms with van der Waals surface area (Å²) in [4.78, 5) is 0. The van der Waals surface area contributed by atoms with Crippen LogP contribution < -0.4 is 0 Å². The average molecular weight is 309 g/mol. The van der Waals surface area contributed by atoms with E-state index in [4.69, 9.17) is 16.3 Å². The van der Waals surface area contributed by atoms with Crippen LogP contribution in [0.15, 0.2) is 30.3 Å². The van der Waals surface area contributed by atoms with Gasteiger partial charge >= 0.3 is 0 Å². The molecular weight excluding hydrogens is 288 g/mol. The first-order valence-electron chi connectivity index (χ1n) is 6.99. The molecule has 2 rings (SSSR count). The topological polar surface area (TPSA) is 47.3 Å². The van der Waals surface area contributed by atoms with Crippen LogP contribution in [-0.2, 0) is 30.2 Å². The molecule has 4 nitrogen and oxygen atoms in total. The van der Waals surface area contributed by atoms with Crippen molar-refractivity contribution in [3.63, 3.8) is 0 Å². The zero-order valence-corrected chi connectivity index (χ0v) is 13.4.